The summed E-state index contributed by atoms with van der Waals surface area (Å²) in [4.78, 5) is 0. The van der Waals surface area contributed by atoms with Crippen LogP contribution in [0.4, 0.5) is 0 Å². The van der Waals surface area contributed by atoms with E-state index >= 15 is 0 Å². The summed E-state index contributed by atoms with van der Waals surface area (Å²) in [6.45, 7) is 4.39. The van der Waals surface area contributed by atoms with Gasteiger partial charge in [-0.3, -0.25) is 0 Å². The van der Waals surface area contributed by atoms with Gasteiger partial charge in [-0.15, -0.1) is 0 Å². The summed E-state index contributed by atoms with van der Waals surface area (Å²) >= 11 is -2.41. The monoisotopic (exact) mass is 443 g/mol. The second-order valence-corrected chi connectivity index (χ2v) is 29.0. The molecule has 0 amide bonds. The van der Waals surface area contributed by atoms with E-state index in [1.54, 1.807) is 0 Å². The summed E-state index contributed by atoms with van der Waals surface area (Å²) in [6.07, 6.45) is 4.95. The maximum atomic E-state index is 6.28. The van der Waals surface area contributed by atoms with Crippen LogP contribution in [0.2, 0.25) is 0 Å². The average molecular weight is 444 g/mol. The van der Waals surface area contributed by atoms with Gasteiger partial charge in [-0.25, -0.2) is 0 Å². The van der Waals surface area contributed by atoms with Crippen molar-refractivity contribution >= 4 is 37.8 Å². The van der Waals surface area contributed by atoms with E-state index in [1.165, 1.54) is 25.7 Å². The SMILES string of the molecule is CCCC[S][Pt]([Cl])([Cl])[S]CCCC. The van der Waals surface area contributed by atoms with E-state index < -0.39 is 11.4 Å². The molecule has 0 saturated heterocycles. The third kappa shape index (κ3) is 10.3. The fourth-order valence-corrected chi connectivity index (χ4v) is 16.1. The van der Waals surface area contributed by atoms with Crippen LogP contribution in [0.15, 0.2) is 0 Å². The van der Waals surface area contributed by atoms with Crippen molar-refractivity contribution in [2.24, 2.45) is 0 Å². The van der Waals surface area contributed by atoms with Crippen LogP contribution in [0.1, 0.15) is 39.5 Å². The van der Waals surface area contributed by atoms with Gasteiger partial charge in [-0.1, -0.05) is 0 Å². The van der Waals surface area contributed by atoms with E-state index in [0.717, 1.165) is 11.5 Å². The first-order chi connectivity index (χ1) is 6.12. The molecule has 0 aromatic carbocycles. The van der Waals surface area contributed by atoms with Crippen LogP contribution in [-0.2, 0) is 11.4 Å². The molecule has 0 rings (SSSR count). The van der Waals surface area contributed by atoms with Gasteiger partial charge in [-0.05, 0) is 0 Å². The molecule has 0 spiro atoms. The fraction of sp³-hybridized carbons (Fsp3) is 1.00. The van der Waals surface area contributed by atoms with Crippen LogP contribution in [0.3, 0.4) is 0 Å². The second-order valence-electron chi connectivity index (χ2n) is 2.59. The number of hydrogen-bond acceptors (Lipinski definition) is 2. The standard InChI is InChI=1S/2C4H10S.2ClH.Pt/c2*1-2-3-4-5;;;/h2*5H,2-4H2,1H3;2*1H;/q;;;;+4/p-4. The van der Waals surface area contributed by atoms with Gasteiger partial charge in [0.2, 0.25) is 0 Å². The van der Waals surface area contributed by atoms with E-state index in [2.05, 4.69) is 13.8 Å². The van der Waals surface area contributed by atoms with E-state index in [0.29, 0.717) is 0 Å². The first-order valence-corrected chi connectivity index (χ1v) is 17.4. The molecule has 0 fully saturated rings. The molecule has 0 N–H and O–H groups in total. The Morgan fingerprint density at radius 1 is 0.923 bits per heavy atom. The third-order valence-electron chi connectivity index (χ3n) is 1.34. The summed E-state index contributed by atoms with van der Waals surface area (Å²) < 4.78 is 0. The van der Waals surface area contributed by atoms with E-state index in [-0.39, 0.29) is 0 Å². The summed E-state index contributed by atoms with van der Waals surface area (Å²) in [5.41, 5.74) is 0. The molecule has 0 aliphatic heterocycles. The van der Waals surface area contributed by atoms with Gasteiger partial charge in [-0.2, -0.15) is 0 Å². The predicted molar refractivity (Wildman–Crippen MR) is 66.4 cm³/mol. The first kappa shape index (κ1) is 15.0. The van der Waals surface area contributed by atoms with Gasteiger partial charge < -0.3 is 0 Å². The summed E-state index contributed by atoms with van der Waals surface area (Å²) in [6, 6.07) is 0. The van der Waals surface area contributed by atoms with Gasteiger partial charge in [0.05, 0.1) is 0 Å². The van der Waals surface area contributed by atoms with Crippen molar-refractivity contribution in [3.8, 4) is 0 Å². The Kier molecular flexibility index (Phi) is 10.6. The molecular formula is C8H18Cl2PtS2. The predicted octanol–water partition coefficient (Wildman–Crippen LogP) is 5.34. The molecule has 5 heteroatoms. The number of halogens is 2. The van der Waals surface area contributed by atoms with E-state index in [4.69, 9.17) is 18.8 Å². The molecule has 0 bridgehead atoms. The Morgan fingerprint density at radius 3 is 1.62 bits per heavy atom. The molecule has 0 saturated carbocycles. The number of unbranched alkanes of at least 4 members (excludes halogenated alkanes) is 2. The summed E-state index contributed by atoms with van der Waals surface area (Å²) in [5.74, 6) is 2.28. The van der Waals surface area contributed by atoms with Gasteiger partial charge in [0.15, 0.2) is 0 Å². The Labute approximate surface area is 99.4 Å². The van der Waals surface area contributed by atoms with Crippen molar-refractivity contribution in [2.75, 3.05) is 11.5 Å². The van der Waals surface area contributed by atoms with Crippen LogP contribution in [0, 0.1) is 0 Å². The minimum atomic E-state index is -2.41. The second kappa shape index (κ2) is 9.21. The maximum absolute atomic E-state index is 6.28. The normalized spacial score (nSPS) is 13.2. The molecule has 0 aromatic rings. The van der Waals surface area contributed by atoms with Crippen molar-refractivity contribution in [1.29, 1.82) is 0 Å². The Hall–Kier alpha value is 1.97. The van der Waals surface area contributed by atoms with Crippen LogP contribution in [-0.4, -0.2) is 11.5 Å². The minimum absolute atomic E-state index is 1.14. The van der Waals surface area contributed by atoms with Crippen molar-refractivity contribution in [1.82, 2.24) is 0 Å². The van der Waals surface area contributed by atoms with Crippen LogP contribution in [0.5, 0.6) is 0 Å². The van der Waals surface area contributed by atoms with Crippen molar-refractivity contribution < 1.29 is 11.4 Å². The van der Waals surface area contributed by atoms with E-state index in [9.17, 15) is 0 Å². The first-order valence-electron chi connectivity index (χ1n) is 4.49. The zero-order valence-corrected chi connectivity index (χ0v) is 13.5. The van der Waals surface area contributed by atoms with Crippen LogP contribution < -0.4 is 0 Å². The Bertz CT molecular complexity index is 111. The molecule has 0 unspecified atom stereocenters. The van der Waals surface area contributed by atoms with Crippen molar-refractivity contribution in [3.63, 3.8) is 0 Å². The molecule has 0 aromatic heterocycles. The quantitative estimate of drug-likeness (QED) is 0.464. The third-order valence-corrected chi connectivity index (χ3v) is 20.4. The zero-order chi connectivity index (χ0) is 10.2. The number of rotatable bonds is 8. The van der Waals surface area contributed by atoms with E-state index in [1.807, 2.05) is 18.9 Å². The van der Waals surface area contributed by atoms with Gasteiger partial charge in [0.25, 0.3) is 0 Å². The van der Waals surface area contributed by atoms with Gasteiger partial charge in [0, 0.05) is 0 Å². The molecule has 0 heterocycles. The molecule has 0 aliphatic carbocycles. The average Bonchev–Trinajstić information content (AvgIpc) is 2.05. The van der Waals surface area contributed by atoms with Gasteiger partial charge >= 0.3 is 100 Å². The molecule has 13 heavy (non-hydrogen) atoms. The Balaban J connectivity index is 3.42. The van der Waals surface area contributed by atoms with Crippen LogP contribution >= 0.6 is 37.8 Å². The molecular weight excluding hydrogens is 426 g/mol. The summed E-state index contributed by atoms with van der Waals surface area (Å²) in [7, 11) is 16.2. The molecule has 0 atom stereocenters. The van der Waals surface area contributed by atoms with Crippen LogP contribution in [0.25, 0.3) is 0 Å². The molecule has 86 valence electrons. The van der Waals surface area contributed by atoms with Gasteiger partial charge in [0.1, 0.15) is 0 Å². The fourth-order valence-electron chi connectivity index (χ4n) is 0.557. The van der Waals surface area contributed by atoms with Crippen molar-refractivity contribution in [3.05, 3.63) is 0 Å². The zero-order valence-electron chi connectivity index (χ0n) is 8.13. The Morgan fingerprint density at radius 2 is 1.31 bits per heavy atom. The topological polar surface area (TPSA) is 0 Å². The summed E-state index contributed by atoms with van der Waals surface area (Å²) in [5, 5.41) is 0. The number of hydrogen-bond donors (Lipinski definition) is 0. The molecule has 0 aliphatic rings. The molecule has 0 nitrogen and oxygen atoms in total. The van der Waals surface area contributed by atoms with Crippen molar-refractivity contribution in [2.45, 2.75) is 39.5 Å². The molecule has 0 radical (unpaired) electrons.